The summed E-state index contributed by atoms with van der Waals surface area (Å²) in [6, 6.07) is 11.7. The van der Waals surface area contributed by atoms with E-state index in [2.05, 4.69) is 75.6 Å². The minimum atomic E-state index is -2.17. The van der Waals surface area contributed by atoms with E-state index in [1.54, 1.807) is 13.3 Å². The fourth-order valence-electron chi connectivity index (χ4n) is 4.27. The predicted octanol–water partition coefficient (Wildman–Crippen LogP) is 7.84. The Morgan fingerprint density at radius 1 is 0.926 bits per heavy atom. The van der Waals surface area contributed by atoms with Crippen LogP contribution in [-0.4, -0.2) is 33.9 Å². The molecule has 1 nitrogen and oxygen atoms in total. The van der Waals surface area contributed by atoms with Gasteiger partial charge in [0.1, 0.15) is 0 Å². The average molecular weight is 478 g/mol. The van der Waals surface area contributed by atoms with Crippen LogP contribution in [0.2, 0.25) is 13.3 Å². The van der Waals surface area contributed by atoms with Crippen molar-refractivity contribution in [2.45, 2.75) is 98.5 Å². The van der Waals surface area contributed by atoms with Gasteiger partial charge in [-0.05, 0) is 0 Å². The molecule has 0 N–H and O–H groups in total. The Kier molecular flexibility index (Phi) is 13.5. The molecule has 0 saturated carbocycles. The molecule has 0 radical (unpaired) electrons. The zero-order valence-electron chi connectivity index (χ0n) is 18.7. The van der Waals surface area contributed by atoms with Gasteiger partial charge < -0.3 is 0 Å². The second-order valence-corrected chi connectivity index (χ2v) is 22.3. The molecule has 0 bridgehead atoms. The Morgan fingerprint density at radius 3 is 1.89 bits per heavy atom. The summed E-state index contributed by atoms with van der Waals surface area (Å²) in [5, 5.41) is 0. The van der Waals surface area contributed by atoms with Crippen LogP contribution in [0, 0.1) is 0 Å². The molecule has 1 unspecified atom stereocenters. The SMILES string of the molecule is C=CCC(C)N(Cc1ccccc1)[CH2][Sn]([CH2]CCC)([CH2]CCC)[CH2]CCC. The van der Waals surface area contributed by atoms with Crippen molar-refractivity contribution in [3.8, 4) is 0 Å². The van der Waals surface area contributed by atoms with Crippen molar-refractivity contribution in [2.24, 2.45) is 0 Å². The first-order valence-electron chi connectivity index (χ1n) is 11.5. The summed E-state index contributed by atoms with van der Waals surface area (Å²) in [5.74, 6) is 0. The predicted molar refractivity (Wildman–Crippen MR) is 126 cm³/mol. The van der Waals surface area contributed by atoms with Gasteiger partial charge in [0.05, 0.1) is 0 Å². The zero-order valence-corrected chi connectivity index (χ0v) is 21.5. The number of nitrogens with zero attached hydrogens (tertiary/aromatic N) is 1. The van der Waals surface area contributed by atoms with Crippen molar-refractivity contribution in [2.75, 3.05) is 4.56 Å². The second kappa shape index (κ2) is 14.7. The average Bonchev–Trinajstić information content (AvgIpc) is 2.69. The van der Waals surface area contributed by atoms with Crippen LogP contribution in [0.3, 0.4) is 0 Å². The van der Waals surface area contributed by atoms with Gasteiger partial charge in [0.2, 0.25) is 0 Å². The quantitative estimate of drug-likeness (QED) is 0.173. The molecule has 1 aromatic rings. The molecular formula is C25H45NSn. The van der Waals surface area contributed by atoms with Crippen LogP contribution >= 0.6 is 0 Å². The molecule has 0 saturated heterocycles. The maximum atomic E-state index is 4.03. The van der Waals surface area contributed by atoms with Gasteiger partial charge in [0.15, 0.2) is 0 Å². The van der Waals surface area contributed by atoms with Gasteiger partial charge in [-0.25, -0.2) is 0 Å². The molecule has 1 rings (SSSR count). The molecule has 0 aromatic heterocycles. The number of hydrogen-bond donors (Lipinski definition) is 0. The molecule has 0 aliphatic rings. The standard InChI is InChI=1S/C13H18N.3C4H9.Sn/c1-4-8-12(2)14(3)11-13-9-6-5-7-10-13;3*1-3-4-2;/h4-7,9-10,12H,1,3,8,11H2,2H3;3*1,3-4H2,2H3;. The van der Waals surface area contributed by atoms with Crippen LogP contribution in [0.15, 0.2) is 43.0 Å². The maximum absolute atomic E-state index is 4.03. The fourth-order valence-corrected chi connectivity index (χ4v) is 20.9. The van der Waals surface area contributed by atoms with Crippen LogP contribution in [0.5, 0.6) is 0 Å². The van der Waals surface area contributed by atoms with Gasteiger partial charge in [0, 0.05) is 0 Å². The summed E-state index contributed by atoms with van der Waals surface area (Å²) in [5.41, 5.74) is 1.47. The first-order valence-corrected chi connectivity index (χ1v) is 19.6. The second-order valence-electron chi connectivity index (χ2n) is 8.57. The fraction of sp³-hybridized carbons (Fsp3) is 0.680. The van der Waals surface area contributed by atoms with Crippen LogP contribution in [0.25, 0.3) is 0 Å². The molecule has 0 aliphatic carbocycles. The van der Waals surface area contributed by atoms with Gasteiger partial charge in [-0.2, -0.15) is 0 Å². The van der Waals surface area contributed by atoms with Crippen LogP contribution in [0.4, 0.5) is 0 Å². The van der Waals surface area contributed by atoms with E-state index in [1.165, 1.54) is 48.6 Å². The summed E-state index contributed by atoms with van der Waals surface area (Å²) < 4.78 is 6.23. The van der Waals surface area contributed by atoms with E-state index in [-0.39, 0.29) is 0 Å². The van der Waals surface area contributed by atoms with Crippen molar-refractivity contribution >= 4 is 18.4 Å². The van der Waals surface area contributed by atoms with Crippen molar-refractivity contribution in [1.82, 2.24) is 4.90 Å². The van der Waals surface area contributed by atoms with Crippen molar-refractivity contribution < 1.29 is 0 Å². The first-order chi connectivity index (χ1) is 13.1. The summed E-state index contributed by atoms with van der Waals surface area (Å²) >= 11 is -2.17. The van der Waals surface area contributed by atoms with E-state index >= 15 is 0 Å². The van der Waals surface area contributed by atoms with Crippen molar-refractivity contribution in [3.63, 3.8) is 0 Å². The molecule has 27 heavy (non-hydrogen) atoms. The topological polar surface area (TPSA) is 3.24 Å². The van der Waals surface area contributed by atoms with Gasteiger partial charge in [0.25, 0.3) is 0 Å². The van der Waals surface area contributed by atoms with Crippen LogP contribution in [0.1, 0.15) is 78.2 Å². The van der Waals surface area contributed by atoms with Gasteiger partial charge in [-0.1, -0.05) is 0 Å². The number of unbranched alkanes of at least 4 members (excludes halogenated alkanes) is 3. The molecule has 1 atom stereocenters. The van der Waals surface area contributed by atoms with Crippen LogP contribution in [-0.2, 0) is 6.54 Å². The van der Waals surface area contributed by atoms with E-state index in [0.717, 1.165) is 13.0 Å². The van der Waals surface area contributed by atoms with Gasteiger partial charge >= 0.3 is 175 Å². The van der Waals surface area contributed by atoms with Crippen LogP contribution < -0.4 is 0 Å². The summed E-state index contributed by atoms with van der Waals surface area (Å²) in [4.78, 5) is 2.84. The zero-order chi connectivity index (χ0) is 20.0. The van der Waals surface area contributed by atoms with Crippen molar-refractivity contribution in [3.05, 3.63) is 48.6 Å². The van der Waals surface area contributed by atoms with Crippen molar-refractivity contribution in [1.29, 1.82) is 0 Å². The molecule has 0 fully saturated rings. The van der Waals surface area contributed by atoms with E-state index < -0.39 is 18.4 Å². The third kappa shape index (κ3) is 9.65. The molecular weight excluding hydrogens is 433 g/mol. The third-order valence-electron chi connectivity index (χ3n) is 6.08. The monoisotopic (exact) mass is 479 g/mol. The Morgan fingerprint density at radius 2 is 1.44 bits per heavy atom. The van der Waals surface area contributed by atoms with E-state index in [4.69, 9.17) is 0 Å². The first kappa shape index (κ1) is 24.8. The number of rotatable bonds is 16. The summed E-state index contributed by atoms with van der Waals surface area (Å²) in [6.45, 7) is 14.7. The number of benzene rings is 1. The van der Waals surface area contributed by atoms with Gasteiger partial charge in [-0.15, -0.1) is 0 Å². The summed E-state index contributed by atoms with van der Waals surface area (Å²) in [7, 11) is 0. The normalized spacial score (nSPS) is 13.1. The minimum absolute atomic E-state index is 0.601. The van der Waals surface area contributed by atoms with E-state index in [9.17, 15) is 0 Å². The Hall–Kier alpha value is -0.281. The number of hydrogen-bond acceptors (Lipinski definition) is 1. The van der Waals surface area contributed by atoms with E-state index in [1.807, 2.05) is 0 Å². The Balaban J connectivity index is 3.05. The Bertz CT molecular complexity index is 463. The van der Waals surface area contributed by atoms with E-state index in [0.29, 0.717) is 6.04 Å². The molecule has 154 valence electrons. The molecule has 0 aliphatic heterocycles. The Labute approximate surface area is 174 Å². The molecule has 0 amide bonds. The molecule has 0 spiro atoms. The third-order valence-corrected chi connectivity index (χ3v) is 21.3. The van der Waals surface area contributed by atoms with Gasteiger partial charge in [-0.3, -0.25) is 0 Å². The molecule has 1 aromatic carbocycles. The molecule has 0 heterocycles. The molecule has 2 heteroatoms. The summed E-state index contributed by atoms with van der Waals surface area (Å²) in [6.07, 6.45) is 11.7.